The molecular weight excluding hydrogens is 450 g/mol. The fraction of sp³-hybridized carbons (Fsp3) is 0.160. The number of H-pyrrole nitrogens is 1. The Morgan fingerprint density at radius 1 is 1.09 bits per heavy atom. The van der Waals surface area contributed by atoms with Crippen LogP contribution in [0.3, 0.4) is 0 Å². The van der Waals surface area contributed by atoms with Gasteiger partial charge in [0.1, 0.15) is 0 Å². The number of fused-ring (bicyclic) bond motifs is 1. The molecule has 0 spiro atoms. The van der Waals surface area contributed by atoms with E-state index >= 15 is 0 Å². The van der Waals surface area contributed by atoms with Gasteiger partial charge in [0.25, 0.3) is 0 Å². The molecule has 0 aliphatic heterocycles. The van der Waals surface area contributed by atoms with Gasteiger partial charge in [-0.15, -0.1) is 10.2 Å². The van der Waals surface area contributed by atoms with E-state index in [1.807, 2.05) is 72.5 Å². The van der Waals surface area contributed by atoms with Gasteiger partial charge in [-0.3, -0.25) is 9.48 Å². The molecule has 1 aliphatic rings. The lowest BCUT2D eigenvalue weighted by molar-refractivity contribution is -0.118. The minimum absolute atomic E-state index is 0.0436. The molecule has 1 amide bonds. The van der Waals surface area contributed by atoms with E-state index in [0.29, 0.717) is 16.5 Å². The maximum absolute atomic E-state index is 13.3. The van der Waals surface area contributed by atoms with E-state index in [2.05, 4.69) is 37.1 Å². The van der Waals surface area contributed by atoms with Crippen LogP contribution < -0.4 is 5.32 Å². The summed E-state index contributed by atoms with van der Waals surface area (Å²) >= 11 is 6.18. The van der Waals surface area contributed by atoms with E-state index in [-0.39, 0.29) is 5.91 Å². The van der Waals surface area contributed by atoms with Crippen molar-refractivity contribution >= 4 is 34.1 Å². The molecule has 1 saturated carbocycles. The van der Waals surface area contributed by atoms with Crippen molar-refractivity contribution in [2.75, 3.05) is 5.32 Å². The Labute approximate surface area is 199 Å². The van der Waals surface area contributed by atoms with Crippen molar-refractivity contribution in [2.24, 2.45) is 7.05 Å². The lowest BCUT2D eigenvalue weighted by Crippen LogP contribution is -2.27. The van der Waals surface area contributed by atoms with Crippen molar-refractivity contribution in [3.05, 3.63) is 77.4 Å². The van der Waals surface area contributed by atoms with Crippen LogP contribution in [-0.2, 0) is 17.3 Å². The van der Waals surface area contributed by atoms with E-state index in [4.69, 9.17) is 11.6 Å². The number of halogens is 1. The number of aromatic amines is 1. The van der Waals surface area contributed by atoms with E-state index in [0.717, 1.165) is 46.0 Å². The molecule has 8 nitrogen and oxygen atoms in total. The van der Waals surface area contributed by atoms with Gasteiger partial charge in [-0.25, -0.2) is 0 Å². The van der Waals surface area contributed by atoms with E-state index in [1.54, 1.807) is 0 Å². The molecule has 6 rings (SSSR count). The molecule has 1 aliphatic carbocycles. The maximum atomic E-state index is 13.3. The Balaban J connectivity index is 1.37. The Morgan fingerprint density at radius 3 is 2.74 bits per heavy atom. The second kappa shape index (κ2) is 7.78. The Morgan fingerprint density at radius 2 is 1.97 bits per heavy atom. The fourth-order valence-electron chi connectivity index (χ4n) is 4.45. The van der Waals surface area contributed by atoms with Gasteiger partial charge >= 0.3 is 0 Å². The van der Waals surface area contributed by atoms with Crippen LogP contribution in [0, 0.1) is 0 Å². The summed E-state index contributed by atoms with van der Waals surface area (Å²) in [4.78, 5) is 13.3. The molecular formula is C25H20ClN7O. The van der Waals surface area contributed by atoms with Crippen molar-refractivity contribution in [1.29, 1.82) is 0 Å². The number of aromatic nitrogens is 6. The third-order valence-electron chi connectivity index (χ3n) is 6.49. The smallest absolute Gasteiger partial charge is 0.235 e. The van der Waals surface area contributed by atoms with Crippen molar-refractivity contribution in [3.8, 4) is 22.5 Å². The largest absolute Gasteiger partial charge is 0.325 e. The molecule has 3 aromatic carbocycles. The summed E-state index contributed by atoms with van der Waals surface area (Å²) < 4.78 is 1.84. The molecule has 168 valence electrons. The van der Waals surface area contributed by atoms with Crippen LogP contribution in [0.2, 0.25) is 5.02 Å². The third-order valence-corrected chi connectivity index (χ3v) is 6.72. The van der Waals surface area contributed by atoms with Gasteiger partial charge in [0, 0.05) is 28.7 Å². The highest BCUT2D eigenvalue weighted by molar-refractivity contribution is 6.30. The molecule has 1 fully saturated rings. The quantitative estimate of drug-likeness (QED) is 0.387. The fourth-order valence-corrected chi connectivity index (χ4v) is 4.65. The van der Waals surface area contributed by atoms with Gasteiger partial charge in [0.15, 0.2) is 0 Å². The predicted molar refractivity (Wildman–Crippen MR) is 130 cm³/mol. The second-order valence-corrected chi connectivity index (χ2v) is 9.02. The summed E-state index contributed by atoms with van der Waals surface area (Å²) in [5, 5.41) is 23.7. The summed E-state index contributed by atoms with van der Waals surface area (Å²) in [6.45, 7) is 0. The summed E-state index contributed by atoms with van der Waals surface area (Å²) in [6, 6.07) is 19.4. The predicted octanol–water partition coefficient (Wildman–Crippen LogP) is 4.74. The number of amides is 1. The molecule has 0 atom stereocenters. The van der Waals surface area contributed by atoms with Crippen molar-refractivity contribution < 1.29 is 4.79 Å². The van der Waals surface area contributed by atoms with Crippen LogP contribution in [0.4, 0.5) is 5.69 Å². The van der Waals surface area contributed by atoms with E-state index < -0.39 is 5.41 Å². The number of anilines is 1. The molecule has 0 saturated heterocycles. The Kier molecular flexibility index (Phi) is 4.70. The van der Waals surface area contributed by atoms with Crippen molar-refractivity contribution in [2.45, 2.75) is 18.3 Å². The van der Waals surface area contributed by atoms with Crippen LogP contribution in [0.5, 0.6) is 0 Å². The Bertz CT molecular complexity index is 1540. The van der Waals surface area contributed by atoms with Crippen LogP contribution in [0.25, 0.3) is 33.4 Å². The summed E-state index contributed by atoms with van der Waals surface area (Å²) in [7, 11) is 1.92. The SMILES string of the molecule is Cn1ncc2ccc(-c3ccc(NC(=O)C4(c5cccc(Cl)c5)CC4)cc3-c3nn[nH]n3)cc21. The van der Waals surface area contributed by atoms with Crippen molar-refractivity contribution in [1.82, 2.24) is 30.4 Å². The van der Waals surface area contributed by atoms with Gasteiger partial charge in [-0.1, -0.05) is 41.9 Å². The van der Waals surface area contributed by atoms with Gasteiger partial charge in [-0.2, -0.15) is 10.3 Å². The molecule has 2 heterocycles. The van der Waals surface area contributed by atoms with E-state index in [9.17, 15) is 4.79 Å². The molecule has 0 bridgehead atoms. The number of nitrogens with zero attached hydrogens (tertiary/aromatic N) is 5. The molecule has 5 aromatic rings. The number of nitrogens with one attached hydrogen (secondary N) is 2. The summed E-state index contributed by atoms with van der Waals surface area (Å²) in [5.41, 5.74) is 4.78. The van der Waals surface area contributed by atoms with Crippen LogP contribution in [-0.4, -0.2) is 36.3 Å². The molecule has 34 heavy (non-hydrogen) atoms. The molecule has 2 N–H and O–H groups in total. The zero-order valence-corrected chi connectivity index (χ0v) is 19.0. The first kappa shape index (κ1) is 20.6. The molecule has 0 unspecified atom stereocenters. The highest BCUT2D eigenvalue weighted by Crippen LogP contribution is 2.49. The lowest BCUT2D eigenvalue weighted by atomic mass is 9.94. The number of tetrazole rings is 1. The number of rotatable bonds is 5. The third kappa shape index (κ3) is 3.43. The summed E-state index contributed by atoms with van der Waals surface area (Å²) in [6.07, 6.45) is 3.42. The lowest BCUT2D eigenvalue weighted by Gasteiger charge is -2.17. The molecule has 9 heteroatoms. The van der Waals surface area contributed by atoms with Crippen LogP contribution >= 0.6 is 11.6 Å². The zero-order chi connectivity index (χ0) is 23.3. The highest BCUT2D eigenvalue weighted by Gasteiger charge is 2.51. The number of hydrogen-bond donors (Lipinski definition) is 2. The van der Waals surface area contributed by atoms with Crippen LogP contribution in [0.1, 0.15) is 18.4 Å². The molecule has 0 radical (unpaired) electrons. The Hall–Kier alpha value is -4.04. The minimum Gasteiger partial charge on any atom is -0.325 e. The number of hydrogen-bond acceptors (Lipinski definition) is 5. The summed E-state index contributed by atoms with van der Waals surface area (Å²) in [5.74, 6) is 0.407. The van der Waals surface area contributed by atoms with Gasteiger partial charge in [0.05, 0.1) is 17.1 Å². The number of carbonyl (C=O) groups is 1. The first-order valence-corrected chi connectivity index (χ1v) is 11.3. The van der Waals surface area contributed by atoms with Gasteiger partial charge in [0.2, 0.25) is 11.7 Å². The van der Waals surface area contributed by atoms with E-state index in [1.165, 1.54) is 0 Å². The maximum Gasteiger partial charge on any atom is 0.235 e. The highest BCUT2D eigenvalue weighted by atomic mass is 35.5. The van der Waals surface area contributed by atoms with Crippen molar-refractivity contribution in [3.63, 3.8) is 0 Å². The molecule has 2 aromatic heterocycles. The van der Waals surface area contributed by atoms with Gasteiger partial charge < -0.3 is 5.32 Å². The number of carbonyl (C=O) groups excluding carboxylic acids is 1. The first-order chi connectivity index (χ1) is 16.5. The number of aryl methyl sites for hydroxylation is 1. The second-order valence-electron chi connectivity index (χ2n) is 8.58. The average Bonchev–Trinajstić information content (AvgIpc) is 3.32. The standard InChI is InChI=1S/C25H20ClN7O/c1-33-22-11-15(5-6-16(22)14-27-33)20-8-7-19(13-21(20)23-29-31-32-30-23)28-24(34)25(9-10-25)17-3-2-4-18(26)12-17/h2-8,11-14H,9-10H2,1H3,(H,28,34)(H,29,30,31,32). The number of benzene rings is 3. The zero-order valence-electron chi connectivity index (χ0n) is 18.3. The first-order valence-electron chi connectivity index (χ1n) is 10.9. The van der Waals surface area contributed by atoms with Gasteiger partial charge in [-0.05, 0) is 65.1 Å². The topological polar surface area (TPSA) is 101 Å². The minimum atomic E-state index is -0.541. The monoisotopic (exact) mass is 469 g/mol. The normalized spacial score (nSPS) is 14.3. The van der Waals surface area contributed by atoms with Crippen LogP contribution in [0.15, 0.2) is 66.9 Å². The average molecular weight is 470 g/mol.